The Morgan fingerprint density at radius 3 is 2.59 bits per heavy atom. The molecule has 4 rings (SSSR count). The third-order valence-corrected chi connectivity index (χ3v) is 5.86. The molecule has 0 fully saturated rings. The van der Waals surface area contributed by atoms with Gasteiger partial charge in [-0.1, -0.05) is 36.9 Å². The van der Waals surface area contributed by atoms with Gasteiger partial charge in [0.25, 0.3) is 5.56 Å². The second-order valence-electron chi connectivity index (χ2n) is 7.03. The standard InChI is InChI=1S/C23H21N5O3S/c1-3-13-27-21(31)17-7-5-6-8-18(17)28-22(27)25-26-23(28)32-14-19(29)15-9-11-16(12-10-15)24-20(30)4-2/h3,5-12H,1,4,13-14H2,2H3,(H,24,30). The maximum atomic E-state index is 12.9. The van der Waals surface area contributed by atoms with Crippen LogP contribution in [0.1, 0.15) is 23.7 Å². The highest BCUT2D eigenvalue weighted by Crippen LogP contribution is 2.23. The molecule has 0 saturated carbocycles. The Bertz CT molecular complexity index is 1390. The van der Waals surface area contributed by atoms with Crippen LogP contribution in [0.2, 0.25) is 0 Å². The van der Waals surface area contributed by atoms with Gasteiger partial charge >= 0.3 is 0 Å². The van der Waals surface area contributed by atoms with E-state index in [4.69, 9.17) is 0 Å². The molecule has 0 aliphatic heterocycles. The Hall–Kier alpha value is -3.72. The molecule has 2 heterocycles. The van der Waals surface area contributed by atoms with E-state index in [-0.39, 0.29) is 23.0 Å². The molecule has 0 saturated heterocycles. The molecule has 32 heavy (non-hydrogen) atoms. The van der Waals surface area contributed by atoms with Gasteiger partial charge in [-0.3, -0.25) is 23.4 Å². The van der Waals surface area contributed by atoms with Crippen LogP contribution in [0.4, 0.5) is 5.69 Å². The van der Waals surface area contributed by atoms with Gasteiger partial charge in [-0.25, -0.2) is 0 Å². The monoisotopic (exact) mass is 447 g/mol. The number of carbonyl (C=O) groups is 2. The lowest BCUT2D eigenvalue weighted by molar-refractivity contribution is -0.115. The number of nitrogens with one attached hydrogen (secondary N) is 1. The van der Waals surface area contributed by atoms with Gasteiger partial charge in [-0.2, -0.15) is 0 Å². The first-order valence-electron chi connectivity index (χ1n) is 10.1. The van der Waals surface area contributed by atoms with Crippen LogP contribution in [0.25, 0.3) is 16.7 Å². The lowest BCUT2D eigenvalue weighted by Gasteiger charge is -2.09. The fourth-order valence-corrected chi connectivity index (χ4v) is 4.16. The van der Waals surface area contributed by atoms with Crippen molar-refractivity contribution in [3.05, 3.63) is 77.1 Å². The van der Waals surface area contributed by atoms with Crippen LogP contribution in [0.5, 0.6) is 0 Å². The number of hydrogen-bond donors (Lipinski definition) is 1. The molecule has 162 valence electrons. The van der Waals surface area contributed by atoms with Crippen molar-refractivity contribution >= 4 is 45.8 Å². The first-order valence-corrected chi connectivity index (χ1v) is 11.1. The Morgan fingerprint density at radius 1 is 1.12 bits per heavy atom. The number of aromatic nitrogens is 4. The fraction of sp³-hybridized carbons (Fsp3) is 0.174. The third-order valence-electron chi connectivity index (χ3n) is 4.93. The number of fused-ring (bicyclic) bond motifs is 3. The topological polar surface area (TPSA) is 98.4 Å². The molecule has 9 heteroatoms. The van der Waals surface area contributed by atoms with Crippen LogP contribution < -0.4 is 10.9 Å². The van der Waals surface area contributed by atoms with Crippen molar-refractivity contribution in [2.45, 2.75) is 25.0 Å². The lowest BCUT2D eigenvalue weighted by Crippen LogP contribution is -2.22. The summed E-state index contributed by atoms with van der Waals surface area (Å²) < 4.78 is 3.30. The molecule has 0 atom stereocenters. The van der Waals surface area contributed by atoms with E-state index in [1.165, 1.54) is 16.3 Å². The first-order chi connectivity index (χ1) is 15.5. The van der Waals surface area contributed by atoms with Gasteiger partial charge in [-0.05, 0) is 36.4 Å². The van der Waals surface area contributed by atoms with Crippen LogP contribution in [0, 0.1) is 0 Å². The molecular formula is C23H21N5O3S. The quantitative estimate of drug-likeness (QED) is 0.252. The molecule has 0 aliphatic carbocycles. The number of anilines is 1. The number of thioether (sulfide) groups is 1. The van der Waals surface area contributed by atoms with Crippen molar-refractivity contribution < 1.29 is 9.59 Å². The number of Topliss-reactive ketones (excluding diaryl/α,β-unsaturated/α-hetero) is 1. The lowest BCUT2D eigenvalue weighted by atomic mass is 10.1. The summed E-state index contributed by atoms with van der Waals surface area (Å²) in [6.45, 7) is 5.80. The highest BCUT2D eigenvalue weighted by atomic mass is 32.2. The summed E-state index contributed by atoms with van der Waals surface area (Å²) >= 11 is 1.25. The summed E-state index contributed by atoms with van der Waals surface area (Å²) in [6.07, 6.45) is 2.02. The number of benzene rings is 2. The Balaban J connectivity index is 1.61. The van der Waals surface area contributed by atoms with Crippen LogP contribution in [-0.4, -0.2) is 36.6 Å². The third kappa shape index (κ3) is 4.06. The maximum Gasteiger partial charge on any atom is 0.263 e. The predicted octanol–water partition coefficient (Wildman–Crippen LogP) is 3.55. The van der Waals surface area contributed by atoms with E-state index < -0.39 is 0 Å². The summed E-state index contributed by atoms with van der Waals surface area (Å²) in [5.74, 6) is 0.389. The molecule has 0 spiro atoms. The highest BCUT2D eigenvalue weighted by Gasteiger charge is 2.17. The number of allylic oxidation sites excluding steroid dienone is 1. The zero-order valence-electron chi connectivity index (χ0n) is 17.4. The number of carbonyl (C=O) groups excluding carboxylic acids is 2. The SMILES string of the molecule is C=CCn1c(=O)c2ccccc2n2c(SCC(=O)c3ccc(NC(=O)CC)cc3)nnc12. The second kappa shape index (κ2) is 9.19. The van der Waals surface area contributed by atoms with Crippen LogP contribution in [0.15, 0.2) is 71.1 Å². The van der Waals surface area contributed by atoms with Crippen molar-refractivity contribution in [1.29, 1.82) is 0 Å². The molecule has 1 N–H and O–H groups in total. The minimum atomic E-state index is -0.164. The maximum absolute atomic E-state index is 12.9. The molecule has 4 aromatic rings. The molecule has 0 unspecified atom stereocenters. The Labute approximate surface area is 188 Å². The normalized spacial score (nSPS) is 11.0. The van der Waals surface area contributed by atoms with Crippen LogP contribution in [0.3, 0.4) is 0 Å². The summed E-state index contributed by atoms with van der Waals surface area (Å²) in [5.41, 5.74) is 1.71. The number of nitrogens with zero attached hydrogens (tertiary/aromatic N) is 4. The number of ketones is 1. The summed E-state index contributed by atoms with van der Waals surface area (Å²) in [6, 6.07) is 14.0. The first kappa shape index (κ1) is 21.5. The van der Waals surface area contributed by atoms with E-state index >= 15 is 0 Å². The minimum Gasteiger partial charge on any atom is -0.326 e. The van der Waals surface area contributed by atoms with Crippen molar-refractivity contribution in [2.24, 2.45) is 0 Å². The molecule has 0 aliphatic rings. The molecule has 2 aromatic carbocycles. The average molecular weight is 448 g/mol. The Kier molecular flexibility index (Phi) is 6.18. The second-order valence-corrected chi connectivity index (χ2v) is 7.97. The van der Waals surface area contributed by atoms with E-state index in [9.17, 15) is 14.4 Å². The van der Waals surface area contributed by atoms with E-state index in [0.29, 0.717) is 46.1 Å². The van der Waals surface area contributed by atoms with E-state index in [1.54, 1.807) is 53.8 Å². The Morgan fingerprint density at radius 2 is 1.88 bits per heavy atom. The molecule has 8 nitrogen and oxygen atoms in total. The molecular weight excluding hydrogens is 426 g/mol. The van der Waals surface area contributed by atoms with E-state index in [0.717, 1.165) is 0 Å². The number of para-hydroxylation sites is 1. The molecule has 0 bridgehead atoms. The van der Waals surface area contributed by atoms with Gasteiger partial charge in [0.1, 0.15) is 0 Å². The van der Waals surface area contributed by atoms with Crippen molar-refractivity contribution in [3.63, 3.8) is 0 Å². The fourth-order valence-electron chi connectivity index (χ4n) is 3.32. The van der Waals surface area contributed by atoms with E-state index in [2.05, 4.69) is 22.1 Å². The average Bonchev–Trinajstić information content (AvgIpc) is 3.24. The number of hydrogen-bond acceptors (Lipinski definition) is 6. The summed E-state index contributed by atoms with van der Waals surface area (Å²) in [5, 5.41) is 12.3. The molecule has 0 radical (unpaired) electrons. The smallest absolute Gasteiger partial charge is 0.263 e. The summed E-state index contributed by atoms with van der Waals surface area (Å²) in [7, 11) is 0. The van der Waals surface area contributed by atoms with Gasteiger partial charge in [0.15, 0.2) is 10.9 Å². The van der Waals surface area contributed by atoms with Gasteiger partial charge in [0.2, 0.25) is 11.7 Å². The zero-order chi connectivity index (χ0) is 22.7. The van der Waals surface area contributed by atoms with E-state index in [1.807, 2.05) is 12.1 Å². The zero-order valence-corrected chi connectivity index (χ0v) is 18.3. The van der Waals surface area contributed by atoms with Crippen molar-refractivity contribution in [1.82, 2.24) is 19.2 Å². The van der Waals surface area contributed by atoms with Crippen LogP contribution in [-0.2, 0) is 11.3 Å². The number of amides is 1. The predicted molar refractivity (Wildman–Crippen MR) is 125 cm³/mol. The van der Waals surface area contributed by atoms with Gasteiger partial charge in [0.05, 0.1) is 16.7 Å². The van der Waals surface area contributed by atoms with Gasteiger partial charge in [0, 0.05) is 24.2 Å². The number of rotatable bonds is 8. The van der Waals surface area contributed by atoms with Gasteiger partial charge < -0.3 is 5.32 Å². The minimum absolute atomic E-state index is 0.0798. The van der Waals surface area contributed by atoms with Crippen molar-refractivity contribution in [3.8, 4) is 0 Å². The van der Waals surface area contributed by atoms with Crippen LogP contribution >= 0.6 is 11.8 Å². The molecule has 2 aromatic heterocycles. The largest absolute Gasteiger partial charge is 0.326 e. The molecule has 1 amide bonds. The highest BCUT2D eigenvalue weighted by molar-refractivity contribution is 7.99. The summed E-state index contributed by atoms with van der Waals surface area (Å²) in [4.78, 5) is 37.1. The van der Waals surface area contributed by atoms with Crippen molar-refractivity contribution in [2.75, 3.05) is 11.1 Å². The van der Waals surface area contributed by atoms with Gasteiger partial charge in [-0.15, -0.1) is 16.8 Å².